The second kappa shape index (κ2) is 7.03. The van der Waals surface area contributed by atoms with Gasteiger partial charge in [-0.3, -0.25) is 4.79 Å². The van der Waals surface area contributed by atoms with Crippen molar-refractivity contribution in [1.29, 1.82) is 0 Å². The number of ketones is 1. The number of fused-ring (bicyclic) bond motifs is 1. The number of carbonyl (C=O) groups excluding carboxylic acids is 1. The third-order valence-electron chi connectivity index (χ3n) is 5.29. The Morgan fingerprint density at radius 3 is 2.72 bits per heavy atom. The zero-order chi connectivity index (χ0) is 19.0. The third-order valence-corrected chi connectivity index (χ3v) is 5.29. The van der Waals surface area contributed by atoms with Gasteiger partial charge in [-0.1, -0.05) is 20.3 Å². The molecule has 1 aliphatic heterocycles. The van der Waals surface area contributed by atoms with Gasteiger partial charge in [0.05, 0.1) is 18.8 Å². The fraction of sp³-hybridized carbons (Fsp3) is 0.632. The molecule has 6 atom stereocenters. The molecule has 0 unspecified atom stereocenters. The van der Waals surface area contributed by atoms with E-state index in [1.807, 2.05) is 13.8 Å². The van der Waals surface area contributed by atoms with Gasteiger partial charge in [0.1, 0.15) is 11.4 Å². The maximum Gasteiger partial charge on any atom is 0.189 e. The Hall–Kier alpha value is -1.47. The highest BCUT2D eigenvalue weighted by Gasteiger charge is 2.47. The topological polar surface area (TPSA) is 107 Å². The Bertz CT molecular complexity index is 613. The first-order valence-electron chi connectivity index (χ1n) is 8.61. The first kappa shape index (κ1) is 19.8. The summed E-state index contributed by atoms with van der Waals surface area (Å²) >= 11 is 0. The highest BCUT2D eigenvalue weighted by atomic mass is 16.5. The Morgan fingerprint density at radius 1 is 1.48 bits per heavy atom. The summed E-state index contributed by atoms with van der Waals surface area (Å²) in [4.78, 5) is 12.0. The van der Waals surface area contributed by atoms with Crippen molar-refractivity contribution < 1.29 is 30.0 Å². The maximum atomic E-state index is 12.0. The van der Waals surface area contributed by atoms with E-state index in [4.69, 9.17) is 4.74 Å². The van der Waals surface area contributed by atoms with Gasteiger partial charge < -0.3 is 25.2 Å². The van der Waals surface area contributed by atoms with Gasteiger partial charge in [-0.15, -0.1) is 0 Å². The molecule has 0 saturated carbocycles. The van der Waals surface area contributed by atoms with E-state index in [0.717, 1.165) is 6.42 Å². The van der Waals surface area contributed by atoms with Crippen LogP contribution in [0, 0.1) is 11.8 Å². The quantitative estimate of drug-likeness (QED) is 0.584. The minimum Gasteiger partial charge on any atom is -0.493 e. The Morgan fingerprint density at radius 2 is 2.12 bits per heavy atom. The molecule has 1 heterocycles. The Kier molecular flexibility index (Phi) is 5.59. The number of aliphatic hydroxyl groups is 4. The highest BCUT2D eigenvalue weighted by Crippen LogP contribution is 2.35. The van der Waals surface area contributed by atoms with E-state index < -0.39 is 35.1 Å². The number of ether oxygens (including phenoxy) is 1. The van der Waals surface area contributed by atoms with Crippen LogP contribution < -0.4 is 0 Å². The molecule has 0 amide bonds. The van der Waals surface area contributed by atoms with E-state index in [1.165, 1.54) is 26.0 Å². The molecule has 1 aliphatic carbocycles. The van der Waals surface area contributed by atoms with E-state index in [1.54, 1.807) is 12.2 Å². The van der Waals surface area contributed by atoms with Gasteiger partial charge in [0, 0.05) is 5.92 Å². The Labute approximate surface area is 148 Å². The lowest BCUT2D eigenvalue weighted by Crippen LogP contribution is -2.54. The predicted molar refractivity (Wildman–Crippen MR) is 92.5 cm³/mol. The molecule has 6 nitrogen and oxygen atoms in total. The van der Waals surface area contributed by atoms with Crippen molar-refractivity contribution in [2.75, 3.05) is 6.61 Å². The van der Waals surface area contributed by atoms with Crippen LogP contribution in [-0.2, 0) is 9.53 Å². The molecule has 0 radical (unpaired) electrons. The van der Waals surface area contributed by atoms with E-state index in [2.05, 4.69) is 0 Å². The summed E-state index contributed by atoms with van der Waals surface area (Å²) in [7, 11) is 0. The van der Waals surface area contributed by atoms with Gasteiger partial charge in [0.2, 0.25) is 0 Å². The predicted octanol–water partition coefficient (Wildman–Crippen LogP) is 0.852. The van der Waals surface area contributed by atoms with Crippen molar-refractivity contribution in [3.63, 3.8) is 0 Å². The molecule has 0 spiro atoms. The second-order valence-corrected chi connectivity index (χ2v) is 7.45. The van der Waals surface area contributed by atoms with E-state index in [-0.39, 0.29) is 12.5 Å². The number of hydrogen-bond donors (Lipinski definition) is 4. The maximum absolute atomic E-state index is 12.0. The number of hydrogen-bond acceptors (Lipinski definition) is 6. The van der Waals surface area contributed by atoms with Gasteiger partial charge in [-0.2, -0.15) is 0 Å². The van der Waals surface area contributed by atoms with Crippen LogP contribution in [0.1, 0.15) is 34.1 Å². The molecular weight excluding hydrogens is 324 g/mol. The van der Waals surface area contributed by atoms with Crippen molar-refractivity contribution in [1.82, 2.24) is 0 Å². The molecule has 25 heavy (non-hydrogen) atoms. The summed E-state index contributed by atoms with van der Waals surface area (Å²) < 4.78 is 5.57. The SMILES string of the molecule is CC[C@H](C)[C@H](O)[C@@](C)(O)/C=C/C1=CC2=CC(=O)[C@](C)(O)[C@H](O)[C@H]2CO1. The molecule has 0 fully saturated rings. The first-order valence-corrected chi connectivity index (χ1v) is 8.61. The van der Waals surface area contributed by atoms with Gasteiger partial charge >= 0.3 is 0 Å². The minimum absolute atomic E-state index is 0.0682. The summed E-state index contributed by atoms with van der Waals surface area (Å²) in [6, 6.07) is 0. The minimum atomic E-state index is -1.82. The van der Waals surface area contributed by atoms with E-state index >= 15 is 0 Å². The van der Waals surface area contributed by atoms with Crippen LogP contribution in [-0.4, -0.2) is 56.2 Å². The van der Waals surface area contributed by atoms with E-state index in [0.29, 0.717) is 11.3 Å². The molecule has 2 rings (SSSR count). The fourth-order valence-corrected chi connectivity index (χ4v) is 3.10. The lowest BCUT2D eigenvalue weighted by atomic mass is 9.75. The van der Waals surface area contributed by atoms with Crippen molar-refractivity contribution in [3.8, 4) is 0 Å². The van der Waals surface area contributed by atoms with Gasteiger partial charge in [0.15, 0.2) is 11.4 Å². The summed E-state index contributed by atoms with van der Waals surface area (Å²) in [6.45, 7) is 6.73. The van der Waals surface area contributed by atoms with Gasteiger partial charge in [-0.05, 0) is 49.6 Å². The smallest absolute Gasteiger partial charge is 0.189 e. The monoisotopic (exact) mass is 352 g/mol. The van der Waals surface area contributed by atoms with Crippen LogP contribution in [0.25, 0.3) is 0 Å². The molecule has 0 aromatic heterocycles. The standard InChI is InChI=1S/C19H28O6/c1-5-11(2)16(21)18(3,23)7-6-13-8-12-9-15(20)19(4,24)17(22)14(12)10-25-13/h6-9,11,14,16-17,21-24H,5,10H2,1-4H3/b7-6+/t11-,14-,16-,17+,18-,19-/m0/s1. The normalized spacial score (nSPS) is 34.5. The van der Waals surface area contributed by atoms with Crippen molar-refractivity contribution in [2.45, 2.75) is 57.5 Å². The third kappa shape index (κ3) is 3.87. The van der Waals surface area contributed by atoms with Crippen molar-refractivity contribution in [2.24, 2.45) is 11.8 Å². The average molecular weight is 352 g/mol. The second-order valence-electron chi connectivity index (χ2n) is 7.45. The summed E-state index contributed by atoms with van der Waals surface area (Å²) in [5, 5.41) is 40.9. The Balaban J connectivity index is 2.21. The lowest BCUT2D eigenvalue weighted by molar-refractivity contribution is -0.150. The first-order chi connectivity index (χ1) is 11.5. The molecule has 0 aromatic rings. The van der Waals surface area contributed by atoms with Crippen LogP contribution in [0.3, 0.4) is 0 Å². The van der Waals surface area contributed by atoms with Crippen molar-refractivity contribution in [3.05, 3.63) is 35.6 Å². The number of rotatable bonds is 5. The van der Waals surface area contributed by atoms with Gasteiger partial charge in [-0.25, -0.2) is 0 Å². The van der Waals surface area contributed by atoms with Crippen LogP contribution in [0.15, 0.2) is 35.6 Å². The molecule has 4 N–H and O–H groups in total. The number of aliphatic hydroxyl groups excluding tert-OH is 2. The number of carbonyl (C=O) groups is 1. The highest BCUT2D eigenvalue weighted by molar-refractivity contribution is 5.99. The zero-order valence-electron chi connectivity index (χ0n) is 15.1. The lowest BCUT2D eigenvalue weighted by Gasteiger charge is -2.39. The van der Waals surface area contributed by atoms with Crippen molar-refractivity contribution >= 4 is 5.78 Å². The molecule has 0 aromatic carbocycles. The summed E-state index contributed by atoms with van der Waals surface area (Å²) in [6.07, 6.45) is 4.51. The van der Waals surface area contributed by atoms with Crippen LogP contribution in [0.4, 0.5) is 0 Å². The molecule has 6 heteroatoms. The number of allylic oxidation sites excluding steroid dienone is 2. The zero-order valence-corrected chi connectivity index (χ0v) is 15.1. The molecule has 0 bridgehead atoms. The van der Waals surface area contributed by atoms with Gasteiger partial charge in [0.25, 0.3) is 0 Å². The fourth-order valence-electron chi connectivity index (χ4n) is 3.10. The average Bonchev–Trinajstić information content (AvgIpc) is 2.57. The van der Waals surface area contributed by atoms with E-state index in [9.17, 15) is 25.2 Å². The van der Waals surface area contributed by atoms with Crippen LogP contribution in [0.2, 0.25) is 0 Å². The summed E-state index contributed by atoms with van der Waals surface area (Å²) in [5.74, 6) is -0.690. The largest absolute Gasteiger partial charge is 0.493 e. The van der Waals surface area contributed by atoms with Crippen LogP contribution >= 0.6 is 0 Å². The molecule has 2 aliphatic rings. The molecule has 140 valence electrons. The molecule has 0 saturated heterocycles. The molecular formula is C19H28O6. The van der Waals surface area contributed by atoms with Crippen LogP contribution in [0.5, 0.6) is 0 Å². The summed E-state index contributed by atoms with van der Waals surface area (Å²) in [5.41, 5.74) is -2.66.